The molecule has 38 heavy (non-hydrogen) atoms. The van der Waals surface area contributed by atoms with Crippen molar-refractivity contribution in [2.45, 2.75) is 4.90 Å². The first-order chi connectivity index (χ1) is 18.2. The number of anilines is 3. The number of benzene rings is 3. The van der Waals surface area contributed by atoms with E-state index >= 15 is 0 Å². The molecule has 0 radical (unpaired) electrons. The van der Waals surface area contributed by atoms with Crippen LogP contribution in [0.4, 0.5) is 16.5 Å². The maximum absolute atomic E-state index is 12.7. The first-order valence-electron chi connectivity index (χ1n) is 11.0. The van der Waals surface area contributed by atoms with E-state index in [0.717, 1.165) is 16.4 Å². The molecule has 0 aliphatic rings. The van der Waals surface area contributed by atoms with Crippen LogP contribution in [-0.2, 0) is 14.8 Å². The van der Waals surface area contributed by atoms with E-state index < -0.39 is 15.9 Å². The number of thiazole rings is 1. The van der Waals surface area contributed by atoms with E-state index in [1.54, 1.807) is 43.4 Å². The molecule has 3 aromatic carbocycles. The lowest BCUT2D eigenvalue weighted by Gasteiger charge is -2.13. The molecule has 0 fully saturated rings. The Bertz CT molecular complexity index is 1560. The summed E-state index contributed by atoms with van der Waals surface area (Å²) in [6.45, 7) is -0.372. The molecule has 0 unspecified atom stereocenters. The molecule has 1 amide bonds. The van der Waals surface area contributed by atoms with Crippen molar-refractivity contribution in [3.63, 3.8) is 0 Å². The fourth-order valence-electron chi connectivity index (χ4n) is 3.31. The van der Waals surface area contributed by atoms with Crippen molar-refractivity contribution in [2.75, 3.05) is 36.1 Å². The molecule has 3 N–H and O–H groups in total. The van der Waals surface area contributed by atoms with Gasteiger partial charge in [-0.1, -0.05) is 23.2 Å². The van der Waals surface area contributed by atoms with E-state index in [1.807, 2.05) is 11.4 Å². The van der Waals surface area contributed by atoms with Gasteiger partial charge < -0.3 is 20.1 Å². The molecule has 1 aromatic heterocycles. The Balaban J connectivity index is 1.42. The standard InChI is InChI=1S/C25H22Cl2N4O5S2/c1-28-25-30-21(14-37-25)15-3-9-23(35-2)20(11-15)29-24(32)13-36-22-10-8-18(12-19(22)27)38(33,34)31-17-6-4-16(26)5-7-17/h3-12,14,31H,13H2,1-2H3,(H,28,30)(H,29,32). The van der Waals surface area contributed by atoms with Gasteiger partial charge in [-0.3, -0.25) is 9.52 Å². The Morgan fingerprint density at radius 1 is 1.03 bits per heavy atom. The fraction of sp³-hybridized carbons (Fsp3) is 0.120. The SMILES string of the molecule is CNc1nc(-c2ccc(OC)c(NC(=O)COc3ccc(S(=O)(=O)Nc4ccc(Cl)cc4)cc3Cl)c2)cs1. The number of amides is 1. The second kappa shape index (κ2) is 11.9. The maximum Gasteiger partial charge on any atom is 0.262 e. The zero-order valence-corrected chi connectivity index (χ0v) is 23.3. The van der Waals surface area contributed by atoms with Gasteiger partial charge in [0.1, 0.15) is 11.5 Å². The van der Waals surface area contributed by atoms with Gasteiger partial charge in [0.15, 0.2) is 11.7 Å². The second-order valence-electron chi connectivity index (χ2n) is 7.74. The molecule has 0 atom stereocenters. The van der Waals surface area contributed by atoms with Gasteiger partial charge in [0.05, 0.1) is 28.4 Å². The number of halogens is 2. The van der Waals surface area contributed by atoms with Crippen LogP contribution in [0.5, 0.6) is 11.5 Å². The van der Waals surface area contributed by atoms with Crippen LogP contribution in [0.25, 0.3) is 11.3 Å². The Hall–Kier alpha value is -3.51. The summed E-state index contributed by atoms with van der Waals surface area (Å²) in [6.07, 6.45) is 0. The predicted octanol–water partition coefficient (Wildman–Crippen LogP) is 5.99. The number of carbonyl (C=O) groups is 1. The Morgan fingerprint density at radius 2 is 1.76 bits per heavy atom. The van der Waals surface area contributed by atoms with Gasteiger partial charge in [-0.15, -0.1) is 11.3 Å². The first kappa shape index (κ1) is 27.5. The summed E-state index contributed by atoms with van der Waals surface area (Å²) in [5.41, 5.74) is 2.34. The van der Waals surface area contributed by atoms with Crippen LogP contribution < -0.4 is 24.8 Å². The quantitative estimate of drug-likeness (QED) is 0.207. The van der Waals surface area contributed by atoms with Crippen LogP contribution >= 0.6 is 34.5 Å². The molecule has 4 rings (SSSR count). The number of hydrogen-bond acceptors (Lipinski definition) is 8. The highest BCUT2D eigenvalue weighted by Crippen LogP contribution is 2.33. The van der Waals surface area contributed by atoms with Crippen molar-refractivity contribution in [1.82, 2.24) is 4.98 Å². The van der Waals surface area contributed by atoms with Crippen LogP contribution in [0, 0.1) is 0 Å². The minimum absolute atomic E-state index is 0.0280. The highest BCUT2D eigenvalue weighted by molar-refractivity contribution is 7.92. The highest BCUT2D eigenvalue weighted by atomic mass is 35.5. The van der Waals surface area contributed by atoms with Gasteiger partial charge in [0.25, 0.3) is 15.9 Å². The summed E-state index contributed by atoms with van der Waals surface area (Å²) in [6, 6.07) is 15.5. The molecule has 0 saturated carbocycles. The minimum Gasteiger partial charge on any atom is -0.495 e. The van der Waals surface area contributed by atoms with E-state index in [4.69, 9.17) is 32.7 Å². The second-order valence-corrected chi connectivity index (χ2v) is 11.1. The monoisotopic (exact) mass is 592 g/mol. The summed E-state index contributed by atoms with van der Waals surface area (Å²) in [5.74, 6) is 0.147. The van der Waals surface area contributed by atoms with E-state index in [1.165, 1.54) is 36.6 Å². The summed E-state index contributed by atoms with van der Waals surface area (Å²) in [7, 11) is -0.616. The third-order valence-electron chi connectivity index (χ3n) is 5.16. The van der Waals surface area contributed by atoms with Crippen molar-refractivity contribution in [3.8, 4) is 22.8 Å². The molecule has 0 aliphatic heterocycles. The van der Waals surface area contributed by atoms with E-state index in [0.29, 0.717) is 22.1 Å². The van der Waals surface area contributed by atoms with Gasteiger partial charge in [0, 0.05) is 28.7 Å². The molecule has 4 aromatic rings. The lowest BCUT2D eigenvalue weighted by atomic mass is 10.1. The molecule has 0 aliphatic carbocycles. The number of nitrogens with one attached hydrogen (secondary N) is 3. The summed E-state index contributed by atoms with van der Waals surface area (Å²) in [4.78, 5) is 17.0. The van der Waals surface area contributed by atoms with Crippen molar-refractivity contribution >= 4 is 67.0 Å². The third kappa shape index (κ3) is 6.67. The predicted molar refractivity (Wildman–Crippen MR) is 151 cm³/mol. The van der Waals surface area contributed by atoms with Crippen LogP contribution in [0.15, 0.2) is 70.9 Å². The molecule has 13 heteroatoms. The summed E-state index contributed by atoms with van der Waals surface area (Å²) in [5, 5.41) is 8.93. The van der Waals surface area contributed by atoms with Gasteiger partial charge in [-0.2, -0.15) is 0 Å². The number of carbonyl (C=O) groups excluding carboxylic acids is 1. The molecule has 9 nitrogen and oxygen atoms in total. The molecule has 1 heterocycles. The Labute approximate surface area is 233 Å². The first-order valence-corrected chi connectivity index (χ1v) is 14.1. The number of ether oxygens (including phenoxy) is 2. The lowest BCUT2D eigenvalue weighted by Crippen LogP contribution is -2.20. The molecule has 198 valence electrons. The maximum atomic E-state index is 12.7. The normalized spacial score (nSPS) is 11.1. The van der Waals surface area contributed by atoms with Crippen molar-refractivity contribution in [3.05, 3.63) is 76.1 Å². The Kier molecular flexibility index (Phi) is 8.62. The number of nitrogens with zero attached hydrogens (tertiary/aromatic N) is 1. The average Bonchev–Trinajstić information content (AvgIpc) is 3.38. The Morgan fingerprint density at radius 3 is 2.42 bits per heavy atom. The van der Waals surface area contributed by atoms with Crippen LogP contribution in [0.1, 0.15) is 0 Å². The van der Waals surface area contributed by atoms with E-state index in [9.17, 15) is 13.2 Å². The summed E-state index contributed by atoms with van der Waals surface area (Å²) < 4.78 is 38.8. The topological polar surface area (TPSA) is 119 Å². The fourth-order valence-corrected chi connectivity index (χ4v) is 5.50. The van der Waals surface area contributed by atoms with Gasteiger partial charge in [-0.05, 0) is 60.7 Å². The number of rotatable bonds is 10. The summed E-state index contributed by atoms with van der Waals surface area (Å²) >= 11 is 13.6. The van der Waals surface area contributed by atoms with E-state index in [2.05, 4.69) is 20.3 Å². The van der Waals surface area contributed by atoms with Gasteiger partial charge >= 0.3 is 0 Å². The smallest absolute Gasteiger partial charge is 0.262 e. The number of aromatic nitrogens is 1. The van der Waals surface area contributed by atoms with Crippen molar-refractivity contribution < 1.29 is 22.7 Å². The number of sulfonamides is 1. The van der Waals surface area contributed by atoms with E-state index in [-0.39, 0.29) is 22.3 Å². The molecule has 0 saturated heterocycles. The number of methoxy groups -OCH3 is 1. The van der Waals surface area contributed by atoms with Gasteiger partial charge in [-0.25, -0.2) is 13.4 Å². The molecule has 0 bridgehead atoms. The van der Waals surface area contributed by atoms with Crippen molar-refractivity contribution in [2.24, 2.45) is 0 Å². The van der Waals surface area contributed by atoms with Crippen LogP contribution in [0.3, 0.4) is 0 Å². The van der Waals surface area contributed by atoms with Crippen molar-refractivity contribution in [1.29, 1.82) is 0 Å². The lowest BCUT2D eigenvalue weighted by molar-refractivity contribution is -0.118. The zero-order chi connectivity index (χ0) is 27.3. The molecule has 0 spiro atoms. The molecular formula is C25H22Cl2N4O5S2. The minimum atomic E-state index is -3.91. The molecular weight excluding hydrogens is 571 g/mol. The van der Waals surface area contributed by atoms with Crippen LogP contribution in [-0.4, -0.2) is 40.1 Å². The zero-order valence-electron chi connectivity index (χ0n) is 20.1. The largest absolute Gasteiger partial charge is 0.495 e. The average molecular weight is 594 g/mol. The highest BCUT2D eigenvalue weighted by Gasteiger charge is 2.18. The third-order valence-corrected chi connectivity index (χ3v) is 7.94. The van der Waals surface area contributed by atoms with Crippen LogP contribution in [0.2, 0.25) is 10.0 Å². The van der Waals surface area contributed by atoms with Gasteiger partial charge in [0.2, 0.25) is 0 Å². The number of hydrogen-bond donors (Lipinski definition) is 3.